The standard InChI is InChI=1S/C18H14ClNO3/c1-20-15-5-3-2-4-13(15)18(17(20)22)14(10-16(21)23-18)11-6-8-12(19)9-7-11/h2-9,14H,10H2,1H3. The van der Waals surface area contributed by atoms with E-state index < -0.39 is 5.60 Å². The Morgan fingerprint density at radius 3 is 2.57 bits per heavy atom. The molecule has 1 saturated heterocycles. The Labute approximate surface area is 138 Å². The molecule has 0 saturated carbocycles. The number of hydrogen-bond donors (Lipinski definition) is 0. The van der Waals surface area contributed by atoms with Gasteiger partial charge in [0.25, 0.3) is 5.91 Å². The molecule has 2 heterocycles. The minimum atomic E-state index is -1.27. The van der Waals surface area contributed by atoms with Gasteiger partial charge < -0.3 is 9.64 Å². The molecular weight excluding hydrogens is 314 g/mol. The fraction of sp³-hybridized carbons (Fsp3) is 0.222. The summed E-state index contributed by atoms with van der Waals surface area (Å²) in [7, 11) is 1.71. The maximum atomic E-state index is 13.0. The van der Waals surface area contributed by atoms with Gasteiger partial charge in [-0.05, 0) is 23.8 Å². The van der Waals surface area contributed by atoms with Crippen molar-refractivity contribution in [3.8, 4) is 0 Å². The molecule has 4 nitrogen and oxygen atoms in total. The number of esters is 1. The van der Waals surface area contributed by atoms with Crippen molar-refractivity contribution in [2.45, 2.75) is 17.9 Å². The number of carbonyl (C=O) groups is 2. The highest BCUT2D eigenvalue weighted by Gasteiger charge is 2.62. The van der Waals surface area contributed by atoms with Crippen LogP contribution in [0.2, 0.25) is 5.02 Å². The lowest BCUT2D eigenvalue weighted by atomic mass is 9.78. The second-order valence-electron chi connectivity index (χ2n) is 5.90. The highest BCUT2D eigenvalue weighted by atomic mass is 35.5. The zero-order valence-corrected chi connectivity index (χ0v) is 13.2. The van der Waals surface area contributed by atoms with Crippen molar-refractivity contribution in [3.05, 3.63) is 64.7 Å². The number of nitrogens with zero attached hydrogens (tertiary/aromatic N) is 1. The molecule has 2 unspecified atom stereocenters. The summed E-state index contributed by atoms with van der Waals surface area (Å²) < 4.78 is 5.65. The van der Waals surface area contributed by atoms with Crippen molar-refractivity contribution in [1.29, 1.82) is 0 Å². The van der Waals surface area contributed by atoms with Gasteiger partial charge in [-0.15, -0.1) is 0 Å². The number of amides is 1. The molecule has 0 aliphatic carbocycles. The molecule has 116 valence electrons. The van der Waals surface area contributed by atoms with Gasteiger partial charge in [0.2, 0.25) is 5.60 Å². The first-order valence-electron chi connectivity index (χ1n) is 7.39. The molecule has 2 atom stereocenters. The van der Waals surface area contributed by atoms with E-state index in [1.165, 1.54) is 0 Å². The van der Waals surface area contributed by atoms with Gasteiger partial charge >= 0.3 is 5.97 Å². The summed E-state index contributed by atoms with van der Waals surface area (Å²) in [6.45, 7) is 0. The monoisotopic (exact) mass is 327 g/mol. The number of ether oxygens (including phenoxy) is 1. The van der Waals surface area contributed by atoms with Gasteiger partial charge in [0.15, 0.2) is 0 Å². The molecule has 2 aliphatic heterocycles. The van der Waals surface area contributed by atoms with Crippen LogP contribution >= 0.6 is 11.6 Å². The maximum absolute atomic E-state index is 13.0. The lowest BCUT2D eigenvalue weighted by molar-refractivity contribution is -0.157. The van der Waals surface area contributed by atoms with E-state index in [9.17, 15) is 9.59 Å². The first kappa shape index (κ1) is 14.3. The summed E-state index contributed by atoms with van der Waals surface area (Å²) in [4.78, 5) is 26.7. The summed E-state index contributed by atoms with van der Waals surface area (Å²) >= 11 is 5.96. The molecule has 23 heavy (non-hydrogen) atoms. The fourth-order valence-electron chi connectivity index (χ4n) is 3.64. The molecule has 0 bridgehead atoms. The highest BCUT2D eigenvalue weighted by Crippen LogP contribution is 2.55. The molecule has 2 aromatic carbocycles. The molecule has 0 radical (unpaired) electrons. The summed E-state index contributed by atoms with van der Waals surface area (Å²) in [6.07, 6.45) is 0.176. The third kappa shape index (κ3) is 1.85. The number of benzene rings is 2. The Morgan fingerprint density at radius 2 is 1.83 bits per heavy atom. The predicted molar refractivity (Wildman–Crippen MR) is 86.4 cm³/mol. The first-order chi connectivity index (χ1) is 11.0. The van der Waals surface area contributed by atoms with E-state index in [0.29, 0.717) is 5.02 Å². The van der Waals surface area contributed by atoms with Crippen molar-refractivity contribution in [2.75, 3.05) is 11.9 Å². The van der Waals surface area contributed by atoms with Gasteiger partial charge in [-0.2, -0.15) is 0 Å². The molecule has 5 heteroatoms. The van der Waals surface area contributed by atoms with Gasteiger partial charge in [0.1, 0.15) is 0 Å². The third-order valence-electron chi connectivity index (χ3n) is 4.70. The van der Waals surface area contributed by atoms with Crippen LogP contribution in [0.1, 0.15) is 23.5 Å². The number of para-hydroxylation sites is 1. The van der Waals surface area contributed by atoms with Gasteiger partial charge in [0, 0.05) is 23.6 Å². The van der Waals surface area contributed by atoms with Crippen LogP contribution in [0.4, 0.5) is 5.69 Å². The number of fused-ring (bicyclic) bond motifs is 2. The van der Waals surface area contributed by atoms with Crippen LogP contribution in [0, 0.1) is 0 Å². The van der Waals surface area contributed by atoms with E-state index in [4.69, 9.17) is 16.3 Å². The molecule has 0 aromatic heterocycles. The Balaban J connectivity index is 1.93. The second kappa shape index (κ2) is 4.83. The quantitative estimate of drug-likeness (QED) is 0.755. The van der Waals surface area contributed by atoms with E-state index in [-0.39, 0.29) is 24.2 Å². The minimum Gasteiger partial charge on any atom is -0.443 e. The SMILES string of the molecule is CN1C(=O)C2(OC(=O)CC2c2ccc(Cl)cc2)c2ccccc21. The van der Waals surface area contributed by atoms with E-state index in [2.05, 4.69) is 0 Å². The number of hydrogen-bond acceptors (Lipinski definition) is 3. The summed E-state index contributed by atoms with van der Waals surface area (Å²) in [5.41, 5.74) is 1.14. The highest BCUT2D eigenvalue weighted by molar-refractivity contribution is 6.30. The van der Waals surface area contributed by atoms with Crippen LogP contribution in [0.3, 0.4) is 0 Å². The summed E-state index contributed by atoms with van der Waals surface area (Å²) in [5, 5.41) is 0.614. The number of halogens is 1. The van der Waals surface area contributed by atoms with Gasteiger partial charge in [0.05, 0.1) is 12.1 Å². The van der Waals surface area contributed by atoms with Crippen molar-refractivity contribution in [1.82, 2.24) is 0 Å². The van der Waals surface area contributed by atoms with E-state index in [1.807, 2.05) is 36.4 Å². The van der Waals surface area contributed by atoms with Crippen LogP contribution in [-0.2, 0) is 19.9 Å². The third-order valence-corrected chi connectivity index (χ3v) is 4.95. The average molecular weight is 328 g/mol. The number of anilines is 1. The number of rotatable bonds is 1. The van der Waals surface area contributed by atoms with E-state index in [1.54, 1.807) is 24.1 Å². The van der Waals surface area contributed by atoms with Gasteiger partial charge in [-0.25, -0.2) is 0 Å². The molecule has 2 aliphatic rings. The average Bonchev–Trinajstić information content (AvgIpc) is 3.01. The van der Waals surface area contributed by atoms with Crippen LogP contribution < -0.4 is 4.90 Å². The van der Waals surface area contributed by atoms with Crippen LogP contribution in [0.15, 0.2) is 48.5 Å². The Hall–Kier alpha value is -2.33. The zero-order valence-electron chi connectivity index (χ0n) is 12.5. The van der Waals surface area contributed by atoms with Crippen molar-refractivity contribution < 1.29 is 14.3 Å². The molecule has 1 spiro atoms. The number of likely N-dealkylation sites (N-methyl/N-ethyl adjacent to an activating group) is 1. The maximum Gasteiger partial charge on any atom is 0.308 e. The molecule has 1 amide bonds. The van der Waals surface area contributed by atoms with Crippen LogP contribution in [0.5, 0.6) is 0 Å². The largest absolute Gasteiger partial charge is 0.443 e. The Morgan fingerprint density at radius 1 is 1.13 bits per heavy atom. The zero-order chi connectivity index (χ0) is 16.2. The van der Waals surface area contributed by atoms with E-state index >= 15 is 0 Å². The minimum absolute atomic E-state index is 0.176. The molecule has 4 rings (SSSR count). The van der Waals surface area contributed by atoms with E-state index in [0.717, 1.165) is 16.8 Å². The van der Waals surface area contributed by atoms with Crippen molar-refractivity contribution in [3.63, 3.8) is 0 Å². The Bertz CT molecular complexity index is 817. The Kier molecular flexibility index (Phi) is 3.00. The van der Waals surface area contributed by atoms with Crippen LogP contribution in [0.25, 0.3) is 0 Å². The molecule has 1 fully saturated rings. The fourth-order valence-corrected chi connectivity index (χ4v) is 3.77. The molecule has 0 N–H and O–H groups in total. The van der Waals surface area contributed by atoms with Crippen molar-refractivity contribution >= 4 is 29.2 Å². The predicted octanol–water partition coefficient (Wildman–Crippen LogP) is 3.24. The number of carbonyl (C=O) groups excluding carboxylic acids is 2. The van der Waals surface area contributed by atoms with Gasteiger partial charge in [-0.1, -0.05) is 41.9 Å². The smallest absolute Gasteiger partial charge is 0.308 e. The second-order valence-corrected chi connectivity index (χ2v) is 6.34. The van der Waals surface area contributed by atoms with Crippen LogP contribution in [-0.4, -0.2) is 18.9 Å². The molecule has 2 aromatic rings. The summed E-state index contributed by atoms with van der Waals surface area (Å²) in [6, 6.07) is 14.7. The first-order valence-corrected chi connectivity index (χ1v) is 7.77. The molecular formula is C18H14ClNO3. The lowest BCUT2D eigenvalue weighted by Crippen LogP contribution is -2.42. The topological polar surface area (TPSA) is 46.6 Å². The normalized spacial score (nSPS) is 25.8. The lowest BCUT2D eigenvalue weighted by Gasteiger charge is -2.28. The van der Waals surface area contributed by atoms with Crippen molar-refractivity contribution in [2.24, 2.45) is 0 Å². The van der Waals surface area contributed by atoms with Gasteiger partial charge in [-0.3, -0.25) is 9.59 Å². The summed E-state index contributed by atoms with van der Waals surface area (Å²) in [5.74, 6) is -0.918.